The zero-order valence-electron chi connectivity index (χ0n) is 8.11. The van der Waals surface area contributed by atoms with Gasteiger partial charge in [0, 0.05) is 22.8 Å². The summed E-state index contributed by atoms with van der Waals surface area (Å²) in [6.45, 7) is 0. The molecule has 0 unspecified atom stereocenters. The molecule has 15 heavy (non-hydrogen) atoms. The topological polar surface area (TPSA) is 88.0 Å². The number of rotatable bonds is 2. The molecule has 1 aromatic carbocycles. The minimum Gasteiger partial charge on any atom is -0.399 e. The van der Waals surface area contributed by atoms with Crippen LogP contribution in [0.2, 0.25) is 0 Å². The van der Waals surface area contributed by atoms with Gasteiger partial charge in [-0.15, -0.1) is 0 Å². The van der Waals surface area contributed by atoms with E-state index in [1.165, 1.54) is 13.2 Å². The van der Waals surface area contributed by atoms with Gasteiger partial charge in [0.05, 0.1) is 0 Å². The average molecular weight is 225 g/mol. The van der Waals surface area contributed by atoms with Crippen molar-refractivity contribution in [2.75, 3.05) is 12.8 Å². The maximum absolute atomic E-state index is 11.6. The number of benzene rings is 1. The molecule has 80 valence electrons. The van der Waals surface area contributed by atoms with Crippen LogP contribution in [0.5, 0.6) is 0 Å². The molecular formula is C9H11N3O2S. The van der Waals surface area contributed by atoms with Crippen LogP contribution in [0, 0.1) is 0 Å². The highest BCUT2D eigenvalue weighted by Gasteiger charge is 2.16. The third-order valence-electron chi connectivity index (χ3n) is 2.23. The molecule has 1 heterocycles. The van der Waals surface area contributed by atoms with E-state index in [1.807, 2.05) is 0 Å². The lowest BCUT2D eigenvalue weighted by Gasteiger charge is -1.99. The zero-order valence-corrected chi connectivity index (χ0v) is 8.93. The minimum atomic E-state index is -3.42. The Hall–Kier alpha value is -1.53. The summed E-state index contributed by atoms with van der Waals surface area (Å²) in [6.07, 6.45) is 1.45. The van der Waals surface area contributed by atoms with Gasteiger partial charge in [0.15, 0.2) is 0 Å². The Balaban J connectivity index is 2.75. The molecule has 0 radical (unpaired) electrons. The van der Waals surface area contributed by atoms with Crippen LogP contribution in [0.15, 0.2) is 29.3 Å². The number of fused-ring (bicyclic) bond motifs is 1. The van der Waals surface area contributed by atoms with Crippen LogP contribution >= 0.6 is 0 Å². The van der Waals surface area contributed by atoms with Crippen molar-refractivity contribution in [2.24, 2.45) is 0 Å². The number of nitrogens with one attached hydrogen (secondary N) is 2. The summed E-state index contributed by atoms with van der Waals surface area (Å²) in [5.74, 6) is 0. The Morgan fingerprint density at radius 3 is 2.80 bits per heavy atom. The first kappa shape index (κ1) is 10.0. The molecular weight excluding hydrogens is 214 g/mol. The van der Waals surface area contributed by atoms with Crippen molar-refractivity contribution in [1.82, 2.24) is 9.71 Å². The molecule has 4 N–H and O–H groups in total. The molecule has 2 aromatic rings. The molecule has 1 aromatic heterocycles. The maximum Gasteiger partial charge on any atom is 0.242 e. The number of hydrogen-bond acceptors (Lipinski definition) is 3. The predicted molar refractivity (Wildman–Crippen MR) is 59.0 cm³/mol. The van der Waals surface area contributed by atoms with Gasteiger partial charge in [-0.05, 0) is 25.2 Å². The van der Waals surface area contributed by atoms with Crippen molar-refractivity contribution in [3.63, 3.8) is 0 Å². The second kappa shape index (κ2) is 3.25. The number of nitrogens with two attached hydrogens (primary N) is 1. The number of sulfonamides is 1. The van der Waals surface area contributed by atoms with Crippen LogP contribution < -0.4 is 10.5 Å². The fourth-order valence-corrected chi connectivity index (χ4v) is 2.35. The summed E-state index contributed by atoms with van der Waals surface area (Å²) < 4.78 is 25.5. The fourth-order valence-electron chi connectivity index (χ4n) is 1.45. The largest absolute Gasteiger partial charge is 0.399 e. The third kappa shape index (κ3) is 1.57. The monoisotopic (exact) mass is 225 g/mol. The van der Waals surface area contributed by atoms with Crippen molar-refractivity contribution in [3.05, 3.63) is 24.4 Å². The van der Waals surface area contributed by atoms with Crippen LogP contribution in [0.1, 0.15) is 0 Å². The summed E-state index contributed by atoms with van der Waals surface area (Å²) in [6, 6.07) is 5.06. The molecule has 0 amide bonds. The van der Waals surface area contributed by atoms with E-state index < -0.39 is 10.0 Å². The van der Waals surface area contributed by atoms with Crippen molar-refractivity contribution in [2.45, 2.75) is 4.90 Å². The molecule has 6 heteroatoms. The lowest BCUT2D eigenvalue weighted by Crippen LogP contribution is -2.18. The second-order valence-corrected chi connectivity index (χ2v) is 5.02. The lowest BCUT2D eigenvalue weighted by molar-refractivity contribution is 0.589. The summed E-state index contributed by atoms with van der Waals surface area (Å²) >= 11 is 0. The number of nitrogen functional groups attached to an aromatic ring is 1. The van der Waals surface area contributed by atoms with Gasteiger partial charge in [0.2, 0.25) is 10.0 Å². The first-order valence-electron chi connectivity index (χ1n) is 4.35. The molecule has 0 spiro atoms. The van der Waals surface area contributed by atoms with Gasteiger partial charge in [-0.2, -0.15) is 0 Å². The molecule has 0 bridgehead atoms. The summed E-state index contributed by atoms with van der Waals surface area (Å²) in [5, 5.41) is 0.638. The van der Waals surface area contributed by atoms with E-state index in [9.17, 15) is 8.42 Å². The van der Waals surface area contributed by atoms with Gasteiger partial charge >= 0.3 is 0 Å². The Bertz CT molecular complexity index is 601. The predicted octanol–water partition coefficient (Wildman–Crippen LogP) is 0.658. The molecule has 0 atom stereocenters. The first-order valence-corrected chi connectivity index (χ1v) is 5.83. The van der Waals surface area contributed by atoms with Crippen molar-refractivity contribution in [1.29, 1.82) is 0 Å². The van der Waals surface area contributed by atoms with Gasteiger partial charge in [-0.3, -0.25) is 0 Å². The van der Waals surface area contributed by atoms with E-state index in [4.69, 9.17) is 5.73 Å². The van der Waals surface area contributed by atoms with Gasteiger partial charge < -0.3 is 10.7 Å². The van der Waals surface area contributed by atoms with Crippen molar-refractivity contribution < 1.29 is 8.42 Å². The van der Waals surface area contributed by atoms with Crippen LogP contribution in [0.3, 0.4) is 0 Å². The summed E-state index contributed by atoms with van der Waals surface area (Å²) in [5.41, 5.74) is 6.90. The minimum absolute atomic E-state index is 0.236. The Kier molecular flexibility index (Phi) is 2.17. The fraction of sp³-hybridized carbons (Fsp3) is 0.111. The van der Waals surface area contributed by atoms with Crippen molar-refractivity contribution in [3.8, 4) is 0 Å². The normalized spacial score (nSPS) is 12.1. The number of aromatic amines is 1. The van der Waals surface area contributed by atoms with E-state index >= 15 is 0 Å². The quantitative estimate of drug-likeness (QED) is 0.656. The van der Waals surface area contributed by atoms with E-state index in [0.29, 0.717) is 16.6 Å². The Morgan fingerprint density at radius 2 is 2.13 bits per heavy atom. The van der Waals surface area contributed by atoms with E-state index in [0.717, 1.165) is 0 Å². The SMILES string of the molecule is CNS(=O)(=O)c1c[nH]c2cc(N)ccc12. The first-order chi connectivity index (χ1) is 7.04. The van der Waals surface area contributed by atoms with Gasteiger partial charge in [-0.25, -0.2) is 13.1 Å². The van der Waals surface area contributed by atoms with Crippen LogP contribution in [0.25, 0.3) is 10.9 Å². The molecule has 0 aliphatic heterocycles. The molecule has 0 fully saturated rings. The van der Waals surface area contributed by atoms with Crippen LogP contribution in [0.4, 0.5) is 5.69 Å². The third-order valence-corrected chi connectivity index (χ3v) is 3.68. The van der Waals surface area contributed by atoms with Crippen LogP contribution in [-0.2, 0) is 10.0 Å². The van der Waals surface area contributed by atoms with E-state index in [1.54, 1.807) is 18.2 Å². The van der Waals surface area contributed by atoms with Gasteiger partial charge in [0.1, 0.15) is 4.90 Å². The molecule has 0 aliphatic rings. The van der Waals surface area contributed by atoms with Crippen molar-refractivity contribution >= 4 is 26.6 Å². The zero-order chi connectivity index (χ0) is 11.1. The number of H-pyrrole nitrogens is 1. The molecule has 2 rings (SSSR count). The smallest absolute Gasteiger partial charge is 0.242 e. The molecule has 0 saturated heterocycles. The molecule has 0 aliphatic carbocycles. The molecule has 0 saturated carbocycles. The highest BCUT2D eigenvalue weighted by atomic mass is 32.2. The summed E-state index contributed by atoms with van der Waals surface area (Å²) in [7, 11) is -2.04. The standard InChI is InChI=1S/C9H11N3O2S/c1-11-15(13,14)9-5-12-8-4-6(10)2-3-7(8)9/h2-5,11-12H,10H2,1H3. The maximum atomic E-state index is 11.6. The number of anilines is 1. The Labute approximate surface area is 87.3 Å². The average Bonchev–Trinajstić information content (AvgIpc) is 2.61. The highest BCUT2D eigenvalue weighted by molar-refractivity contribution is 7.89. The highest BCUT2D eigenvalue weighted by Crippen LogP contribution is 2.23. The molecule has 5 nitrogen and oxygen atoms in total. The van der Waals surface area contributed by atoms with Crippen LogP contribution in [-0.4, -0.2) is 20.4 Å². The van der Waals surface area contributed by atoms with Gasteiger partial charge in [0.25, 0.3) is 0 Å². The second-order valence-electron chi connectivity index (χ2n) is 3.17. The number of aromatic nitrogens is 1. The Morgan fingerprint density at radius 1 is 1.40 bits per heavy atom. The summed E-state index contributed by atoms with van der Waals surface area (Å²) in [4.78, 5) is 3.11. The van der Waals surface area contributed by atoms with E-state index in [-0.39, 0.29) is 4.90 Å². The number of hydrogen-bond donors (Lipinski definition) is 3. The van der Waals surface area contributed by atoms with Gasteiger partial charge in [-0.1, -0.05) is 0 Å². The van der Waals surface area contributed by atoms with E-state index in [2.05, 4.69) is 9.71 Å². The lowest BCUT2D eigenvalue weighted by atomic mass is 10.2.